The number of aromatic nitrogens is 2. The lowest BCUT2D eigenvalue weighted by atomic mass is 10.2. The highest BCUT2D eigenvalue weighted by Crippen LogP contribution is 2.28. The number of halogens is 3. The molecule has 2 aromatic rings. The number of ether oxygens (including phenoxy) is 1. The molecule has 2 aromatic heterocycles. The fourth-order valence-electron chi connectivity index (χ4n) is 1.57. The Morgan fingerprint density at radius 1 is 1.41 bits per heavy atom. The monoisotopic (exact) mass is 318 g/mol. The Labute approximate surface area is 123 Å². The highest BCUT2D eigenvalue weighted by molar-refractivity contribution is 5.88. The highest BCUT2D eigenvalue weighted by atomic mass is 19.4. The van der Waals surface area contributed by atoms with E-state index in [4.69, 9.17) is 9.15 Å². The zero-order valence-corrected chi connectivity index (χ0v) is 12.0. The molecule has 0 aromatic carbocycles. The summed E-state index contributed by atoms with van der Waals surface area (Å²) in [6.45, 7) is 4.75. The van der Waals surface area contributed by atoms with Crippen molar-refractivity contribution in [2.24, 2.45) is 0 Å². The minimum absolute atomic E-state index is 0.0103. The highest BCUT2D eigenvalue weighted by Gasteiger charge is 2.35. The van der Waals surface area contributed by atoms with Crippen molar-refractivity contribution >= 4 is 5.97 Å². The van der Waals surface area contributed by atoms with Gasteiger partial charge >= 0.3 is 12.1 Å². The summed E-state index contributed by atoms with van der Waals surface area (Å²) in [7, 11) is 0. The van der Waals surface area contributed by atoms with Crippen LogP contribution in [0.4, 0.5) is 13.2 Å². The molecule has 0 saturated heterocycles. The largest absolute Gasteiger partial charge is 0.453 e. The van der Waals surface area contributed by atoms with Crippen molar-refractivity contribution in [1.29, 1.82) is 0 Å². The maximum absolute atomic E-state index is 12.3. The summed E-state index contributed by atoms with van der Waals surface area (Å²) in [5.74, 6) is -0.376. The number of carbonyl (C=O) groups is 1. The Hall–Kier alpha value is -2.32. The fourth-order valence-corrected chi connectivity index (χ4v) is 1.57. The number of nitrogens with zero attached hydrogens (tertiary/aromatic N) is 2. The molecule has 2 heterocycles. The number of hydrogen-bond donors (Lipinski definition) is 0. The molecule has 0 fully saturated rings. The van der Waals surface area contributed by atoms with Crippen LogP contribution in [-0.2, 0) is 17.5 Å². The molecular weight excluding hydrogens is 305 g/mol. The van der Waals surface area contributed by atoms with Crippen molar-refractivity contribution in [3.8, 4) is 0 Å². The summed E-state index contributed by atoms with van der Waals surface area (Å²) in [6, 6.07) is 0.669. The van der Waals surface area contributed by atoms with Crippen molar-refractivity contribution < 1.29 is 31.6 Å². The first-order chi connectivity index (χ1) is 10.2. The molecule has 0 unspecified atom stereocenters. The van der Waals surface area contributed by atoms with Gasteiger partial charge in [-0.1, -0.05) is 19.0 Å². The van der Waals surface area contributed by atoms with E-state index >= 15 is 0 Å². The Kier molecular flexibility index (Phi) is 4.25. The zero-order valence-electron chi connectivity index (χ0n) is 12.0. The van der Waals surface area contributed by atoms with Gasteiger partial charge in [-0.15, -0.1) is 0 Å². The number of alkyl halides is 3. The van der Waals surface area contributed by atoms with Gasteiger partial charge in [0.05, 0.1) is 0 Å². The number of esters is 1. The molecule has 0 amide bonds. The fraction of sp³-hybridized carbons (Fsp3) is 0.462. The van der Waals surface area contributed by atoms with Gasteiger partial charge in [0.1, 0.15) is 5.76 Å². The maximum atomic E-state index is 12.3. The van der Waals surface area contributed by atoms with E-state index in [2.05, 4.69) is 14.7 Å². The van der Waals surface area contributed by atoms with Crippen LogP contribution in [0.25, 0.3) is 0 Å². The van der Waals surface area contributed by atoms with Crippen LogP contribution in [0.5, 0.6) is 0 Å². The quantitative estimate of drug-likeness (QED) is 0.803. The van der Waals surface area contributed by atoms with Crippen molar-refractivity contribution in [3.05, 3.63) is 34.9 Å². The SMILES string of the molecule is Cc1oc(C(C)C)nc1C(=O)OCc1cc(C(F)(F)F)no1. The van der Waals surface area contributed by atoms with Crippen LogP contribution in [0.2, 0.25) is 0 Å². The van der Waals surface area contributed by atoms with Gasteiger partial charge in [-0.25, -0.2) is 9.78 Å². The number of oxazole rings is 1. The van der Waals surface area contributed by atoms with Gasteiger partial charge in [-0.05, 0) is 6.92 Å². The first kappa shape index (κ1) is 16.1. The van der Waals surface area contributed by atoms with E-state index in [1.165, 1.54) is 0 Å². The zero-order chi connectivity index (χ0) is 16.5. The third-order valence-electron chi connectivity index (χ3n) is 2.70. The molecule has 0 bridgehead atoms. The average Bonchev–Trinajstić information content (AvgIpc) is 3.01. The summed E-state index contributed by atoms with van der Waals surface area (Å²) in [5, 5.41) is 2.86. The van der Waals surface area contributed by atoms with E-state index in [9.17, 15) is 18.0 Å². The molecule has 0 spiro atoms. The van der Waals surface area contributed by atoms with Crippen molar-refractivity contribution in [3.63, 3.8) is 0 Å². The lowest BCUT2D eigenvalue weighted by Crippen LogP contribution is -2.07. The Balaban J connectivity index is 2.02. The lowest BCUT2D eigenvalue weighted by molar-refractivity contribution is -0.142. The topological polar surface area (TPSA) is 78.4 Å². The molecule has 22 heavy (non-hydrogen) atoms. The normalized spacial score (nSPS) is 12.0. The summed E-state index contributed by atoms with van der Waals surface area (Å²) >= 11 is 0. The second kappa shape index (κ2) is 5.82. The smallest absolute Gasteiger partial charge is 0.436 e. The molecule has 0 radical (unpaired) electrons. The number of hydrogen-bond acceptors (Lipinski definition) is 6. The standard InChI is InChI=1S/C13H13F3N2O4/c1-6(2)11-17-10(7(3)21-11)12(19)20-5-8-4-9(18-22-8)13(14,15)16/h4,6H,5H2,1-3H3. The second-order valence-corrected chi connectivity index (χ2v) is 4.86. The first-order valence-corrected chi connectivity index (χ1v) is 6.35. The molecule has 0 N–H and O–H groups in total. The molecule has 0 aliphatic carbocycles. The number of aryl methyl sites for hydroxylation is 1. The molecule has 0 atom stereocenters. The molecule has 2 rings (SSSR count). The van der Waals surface area contributed by atoms with E-state index < -0.39 is 24.4 Å². The van der Waals surface area contributed by atoms with Crippen LogP contribution in [0.3, 0.4) is 0 Å². The van der Waals surface area contributed by atoms with Gasteiger partial charge in [-0.2, -0.15) is 13.2 Å². The maximum Gasteiger partial charge on any atom is 0.436 e. The molecule has 120 valence electrons. The molecule has 0 saturated carbocycles. The van der Waals surface area contributed by atoms with Gasteiger partial charge in [0, 0.05) is 12.0 Å². The van der Waals surface area contributed by atoms with E-state index in [1.807, 2.05) is 13.8 Å². The minimum Gasteiger partial charge on any atom is -0.453 e. The van der Waals surface area contributed by atoms with Gasteiger partial charge < -0.3 is 13.7 Å². The third-order valence-corrected chi connectivity index (χ3v) is 2.70. The van der Waals surface area contributed by atoms with Gasteiger partial charge in [-0.3, -0.25) is 0 Å². The van der Waals surface area contributed by atoms with Gasteiger partial charge in [0.25, 0.3) is 0 Å². The lowest BCUT2D eigenvalue weighted by Gasteiger charge is -1.99. The minimum atomic E-state index is -4.61. The van der Waals surface area contributed by atoms with E-state index in [0.717, 1.165) is 0 Å². The van der Waals surface area contributed by atoms with Gasteiger partial charge in [0.2, 0.25) is 0 Å². The molecule has 0 aliphatic rings. The van der Waals surface area contributed by atoms with E-state index in [0.29, 0.717) is 12.0 Å². The molecule has 6 nitrogen and oxygen atoms in total. The van der Waals surface area contributed by atoms with Crippen LogP contribution in [0.15, 0.2) is 15.0 Å². The van der Waals surface area contributed by atoms with Crippen LogP contribution in [0.1, 0.15) is 53.4 Å². The Morgan fingerprint density at radius 2 is 2.09 bits per heavy atom. The van der Waals surface area contributed by atoms with E-state index in [-0.39, 0.29) is 23.1 Å². The summed E-state index contributed by atoms with van der Waals surface area (Å²) in [4.78, 5) is 15.8. The predicted molar refractivity (Wildman–Crippen MR) is 66.0 cm³/mol. The summed E-state index contributed by atoms with van der Waals surface area (Å²) < 4.78 is 51.6. The van der Waals surface area contributed by atoms with Crippen LogP contribution in [0, 0.1) is 6.92 Å². The van der Waals surface area contributed by atoms with Gasteiger partial charge in [0.15, 0.2) is 29.6 Å². The molecule has 0 aliphatic heterocycles. The first-order valence-electron chi connectivity index (χ1n) is 6.35. The van der Waals surface area contributed by atoms with Crippen molar-refractivity contribution in [2.75, 3.05) is 0 Å². The molecular formula is C13H13F3N2O4. The molecule has 9 heteroatoms. The van der Waals surface area contributed by atoms with Crippen LogP contribution < -0.4 is 0 Å². The Morgan fingerprint density at radius 3 is 2.59 bits per heavy atom. The van der Waals surface area contributed by atoms with E-state index in [1.54, 1.807) is 6.92 Å². The summed E-state index contributed by atoms with van der Waals surface area (Å²) in [5.41, 5.74) is -1.20. The van der Waals surface area contributed by atoms with Crippen LogP contribution in [-0.4, -0.2) is 16.1 Å². The van der Waals surface area contributed by atoms with Crippen LogP contribution >= 0.6 is 0 Å². The Bertz CT molecular complexity index is 673. The number of rotatable bonds is 4. The number of carbonyl (C=O) groups excluding carboxylic acids is 1. The predicted octanol–water partition coefficient (Wildman–Crippen LogP) is 3.47. The van der Waals surface area contributed by atoms with Crippen molar-refractivity contribution in [2.45, 2.75) is 39.5 Å². The third kappa shape index (κ3) is 3.46. The second-order valence-electron chi connectivity index (χ2n) is 4.86. The summed E-state index contributed by atoms with van der Waals surface area (Å²) in [6.07, 6.45) is -4.61. The average molecular weight is 318 g/mol. The van der Waals surface area contributed by atoms with Crippen molar-refractivity contribution in [1.82, 2.24) is 10.1 Å².